The second-order valence-electron chi connectivity index (χ2n) is 12.6. The largest absolute Gasteiger partial charge is 0.487 e. The van der Waals surface area contributed by atoms with Crippen molar-refractivity contribution in [3.63, 3.8) is 0 Å². The van der Waals surface area contributed by atoms with Crippen LogP contribution in [0.15, 0.2) is 47.1 Å². The van der Waals surface area contributed by atoms with Crippen LogP contribution in [0.5, 0.6) is 5.75 Å². The van der Waals surface area contributed by atoms with Gasteiger partial charge in [-0.3, -0.25) is 19.1 Å². The highest BCUT2D eigenvalue weighted by Gasteiger charge is 2.44. The number of nitrogens with zero attached hydrogens (tertiary/aromatic N) is 5. The van der Waals surface area contributed by atoms with E-state index in [9.17, 15) is 19.5 Å². The van der Waals surface area contributed by atoms with E-state index in [0.29, 0.717) is 49.6 Å². The predicted molar refractivity (Wildman–Crippen MR) is 164 cm³/mol. The van der Waals surface area contributed by atoms with Gasteiger partial charge in [-0.25, -0.2) is 0 Å². The Kier molecular flexibility index (Phi) is 7.90. The number of fused-ring (bicyclic) bond motifs is 2. The number of carbonyl (C=O) groups is 3. The van der Waals surface area contributed by atoms with Crippen molar-refractivity contribution < 1.29 is 24.2 Å². The molecule has 0 spiro atoms. The zero-order valence-corrected chi connectivity index (χ0v) is 26.1. The third-order valence-corrected chi connectivity index (χ3v) is 10.4. The van der Waals surface area contributed by atoms with Crippen molar-refractivity contribution in [1.82, 2.24) is 24.8 Å². The van der Waals surface area contributed by atoms with Gasteiger partial charge in [0.1, 0.15) is 18.1 Å². The van der Waals surface area contributed by atoms with E-state index in [4.69, 9.17) is 4.74 Å². The first-order chi connectivity index (χ1) is 21.4. The topological polar surface area (TPSA) is 118 Å². The molecule has 44 heavy (non-hydrogen) atoms. The number of benzene rings is 2. The Bertz CT molecular complexity index is 1600. The van der Waals surface area contributed by atoms with Crippen LogP contribution >= 0.6 is 15.9 Å². The molecule has 1 N–H and O–H groups in total. The second kappa shape index (κ2) is 12.0. The fourth-order valence-electron chi connectivity index (χ4n) is 7.18. The Morgan fingerprint density at radius 1 is 1.02 bits per heavy atom. The van der Waals surface area contributed by atoms with Gasteiger partial charge in [-0.05, 0) is 67.3 Å². The number of hydrogen-bond donors (Lipinski definition) is 1. The molecule has 10 nitrogen and oxygen atoms in total. The number of halogens is 1. The van der Waals surface area contributed by atoms with Crippen LogP contribution < -0.4 is 4.74 Å². The van der Waals surface area contributed by atoms with Crippen LogP contribution in [0.3, 0.4) is 0 Å². The molecule has 1 unspecified atom stereocenters. The highest BCUT2D eigenvalue weighted by molar-refractivity contribution is 9.10. The molecule has 2 saturated carbocycles. The van der Waals surface area contributed by atoms with E-state index in [1.807, 2.05) is 52.2 Å². The van der Waals surface area contributed by atoms with Crippen molar-refractivity contribution >= 4 is 33.7 Å². The summed E-state index contributed by atoms with van der Waals surface area (Å²) in [6.07, 6.45) is 7.66. The first-order valence-corrected chi connectivity index (χ1v) is 16.4. The Morgan fingerprint density at radius 3 is 2.59 bits per heavy atom. The van der Waals surface area contributed by atoms with Gasteiger partial charge in [0.2, 0.25) is 5.91 Å². The molecular formula is C33H36BrN5O5. The zero-order valence-electron chi connectivity index (χ0n) is 24.5. The maximum Gasteiger partial charge on any atom is 0.307 e. The van der Waals surface area contributed by atoms with Gasteiger partial charge in [0.25, 0.3) is 5.91 Å². The number of carboxylic acids is 1. The lowest BCUT2D eigenvalue weighted by Gasteiger charge is -2.43. The zero-order chi connectivity index (χ0) is 30.4. The van der Waals surface area contributed by atoms with Crippen molar-refractivity contribution in [3.8, 4) is 5.75 Å². The maximum atomic E-state index is 14.3. The summed E-state index contributed by atoms with van der Waals surface area (Å²) in [5.41, 5.74) is 4.26. The maximum absolute atomic E-state index is 14.3. The molecular weight excluding hydrogens is 626 g/mol. The Labute approximate surface area is 264 Å². The number of hydrogen-bond acceptors (Lipinski definition) is 6. The number of amides is 2. The summed E-state index contributed by atoms with van der Waals surface area (Å²) in [5, 5.41) is 18.6. The van der Waals surface area contributed by atoms with Crippen LogP contribution in [0.1, 0.15) is 77.3 Å². The first-order valence-electron chi connectivity index (χ1n) is 15.6. The molecule has 0 saturated heterocycles. The molecule has 0 bridgehead atoms. The van der Waals surface area contributed by atoms with Crippen molar-refractivity contribution in [2.75, 3.05) is 13.1 Å². The van der Waals surface area contributed by atoms with Crippen molar-refractivity contribution in [1.29, 1.82) is 0 Å². The number of aliphatic carboxylic acids is 1. The fourth-order valence-corrected chi connectivity index (χ4v) is 7.72. The second-order valence-corrected chi connectivity index (χ2v) is 13.4. The summed E-state index contributed by atoms with van der Waals surface area (Å²) in [5.74, 6) is -1.11. The van der Waals surface area contributed by atoms with E-state index in [1.54, 1.807) is 4.90 Å². The molecule has 1 aromatic heterocycles. The van der Waals surface area contributed by atoms with Gasteiger partial charge in [-0.2, -0.15) is 0 Å². The van der Waals surface area contributed by atoms with Crippen LogP contribution in [0.25, 0.3) is 0 Å². The summed E-state index contributed by atoms with van der Waals surface area (Å²) < 4.78 is 9.22. The number of carboxylic acid groups (broad SMARTS) is 1. The molecule has 3 heterocycles. The molecule has 4 aliphatic rings. The minimum absolute atomic E-state index is 0.0639. The van der Waals surface area contributed by atoms with Gasteiger partial charge in [0.15, 0.2) is 0 Å². The summed E-state index contributed by atoms with van der Waals surface area (Å²) >= 11 is 3.74. The van der Waals surface area contributed by atoms with Gasteiger partial charge in [0, 0.05) is 41.8 Å². The molecule has 2 amide bonds. The van der Waals surface area contributed by atoms with Gasteiger partial charge in [0.05, 0.1) is 24.1 Å². The smallest absolute Gasteiger partial charge is 0.307 e. The van der Waals surface area contributed by atoms with Crippen LogP contribution in [-0.2, 0) is 35.7 Å². The number of aromatic nitrogens is 3. The van der Waals surface area contributed by atoms with Crippen LogP contribution in [-0.4, -0.2) is 60.8 Å². The Hall–Kier alpha value is -3.73. The van der Waals surface area contributed by atoms with E-state index >= 15 is 0 Å². The summed E-state index contributed by atoms with van der Waals surface area (Å²) in [6.45, 7) is 2.26. The molecule has 3 aromatic rings. The predicted octanol–water partition coefficient (Wildman–Crippen LogP) is 5.00. The van der Waals surface area contributed by atoms with Crippen LogP contribution in [0, 0.1) is 17.8 Å². The van der Waals surface area contributed by atoms with E-state index < -0.39 is 23.8 Å². The Balaban J connectivity index is 1.22. The van der Waals surface area contributed by atoms with Crippen molar-refractivity contribution in [3.05, 3.63) is 75.0 Å². The summed E-state index contributed by atoms with van der Waals surface area (Å²) in [7, 11) is 0. The Morgan fingerprint density at radius 2 is 1.82 bits per heavy atom. The van der Waals surface area contributed by atoms with Crippen LogP contribution in [0.4, 0.5) is 0 Å². The lowest BCUT2D eigenvalue weighted by molar-refractivity contribution is -0.153. The van der Waals surface area contributed by atoms with Crippen molar-refractivity contribution in [2.24, 2.45) is 17.8 Å². The number of ether oxygens (including phenoxy) is 1. The SMILES string of the molecule is O=C(O)[C@@H]1CCCCC1C(=O)N1CCc2c(Br)ccc(OCc3cn(CC4CC4)nn3)c2[C@H]1CN1Cc2ccccc2C1=O. The molecule has 2 aliphatic heterocycles. The standard InChI is InChI=1S/C33H36BrN5O5/c34-27-11-12-29(44-19-22-17-38(36-35-22)15-20-9-10-20)30-26(27)13-14-39(32(41)24-7-3-4-8-25(24)33(42)43)28(30)18-37-16-21-5-1-2-6-23(21)31(37)40/h1-2,5-6,11-12,17,20,24-25,28H,3-4,7-10,13-16,18-19H2,(H,42,43)/t24?,25-,28-/m1/s1. The van der Waals surface area contributed by atoms with E-state index in [-0.39, 0.29) is 25.0 Å². The number of rotatable bonds is 9. The van der Waals surface area contributed by atoms with E-state index in [0.717, 1.165) is 46.2 Å². The molecule has 230 valence electrons. The lowest BCUT2D eigenvalue weighted by atomic mass is 9.77. The molecule has 2 aromatic carbocycles. The fraction of sp³-hybridized carbons (Fsp3) is 0.485. The monoisotopic (exact) mass is 661 g/mol. The highest BCUT2D eigenvalue weighted by Crippen LogP contribution is 2.44. The normalized spacial score (nSPS) is 22.9. The van der Waals surface area contributed by atoms with Gasteiger partial charge >= 0.3 is 5.97 Å². The van der Waals surface area contributed by atoms with Gasteiger partial charge in [-0.15, -0.1) is 5.10 Å². The number of carbonyl (C=O) groups excluding carboxylic acids is 2. The third-order valence-electron chi connectivity index (χ3n) is 9.65. The van der Waals surface area contributed by atoms with E-state index in [2.05, 4.69) is 26.2 Å². The molecule has 7 rings (SSSR count). The summed E-state index contributed by atoms with van der Waals surface area (Å²) in [4.78, 5) is 43.7. The summed E-state index contributed by atoms with van der Waals surface area (Å²) in [6, 6.07) is 11.0. The lowest BCUT2D eigenvalue weighted by Crippen LogP contribution is -2.50. The van der Waals surface area contributed by atoms with Gasteiger partial charge < -0.3 is 19.6 Å². The highest BCUT2D eigenvalue weighted by atomic mass is 79.9. The molecule has 3 atom stereocenters. The molecule has 2 fully saturated rings. The minimum Gasteiger partial charge on any atom is -0.487 e. The first kappa shape index (κ1) is 29.0. The van der Waals surface area contributed by atoms with E-state index in [1.165, 1.54) is 12.8 Å². The molecule has 11 heteroatoms. The minimum atomic E-state index is -0.913. The average molecular weight is 663 g/mol. The van der Waals surface area contributed by atoms with Gasteiger partial charge in [-0.1, -0.05) is 52.2 Å². The van der Waals surface area contributed by atoms with Crippen molar-refractivity contribution in [2.45, 2.75) is 70.7 Å². The third kappa shape index (κ3) is 5.62. The molecule has 2 aliphatic carbocycles. The molecule has 0 radical (unpaired) electrons. The average Bonchev–Trinajstić information content (AvgIpc) is 3.65. The quantitative estimate of drug-likeness (QED) is 0.343. The van der Waals surface area contributed by atoms with Crippen LogP contribution in [0.2, 0.25) is 0 Å².